The number of carboxylic acid groups (broad SMARTS) is 1. The summed E-state index contributed by atoms with van der Waals surface area (Å²) < 4.78 is 9.43. The number of hydrogen-bond donors (Lipinski definition) is 2. The summed E-state index contributed by atoms with van der Waals surface area (Å²) in [5.74, 6) is -1.01. The van der Waals surface area contributed by atoms with Gasteiger partial charge in [0.2, 0.25) is 8.61 Å². The molecular formula is C2H4NO3P. The maximum atomic E-state index is 9.55. The van der Waals surface area contributed by atoms with Gasteiger partial charge in [-0.15, -0.1) is 0 Å². The largest absolute Gasteiger partial charge is 0.480 e. The van der Waals surface area contributed by atoms with Crippen LogP contribution >= 0.6 is 8.61 Å². The molecule has 0 fully saturated rings. The summed E-state index contributed by atoms with van der Waals surface area (Å²) >= 11 is 0. The minimum absolute atomic E-state index is 0.259. The number of carbonyl (C=O) groups is 1. The van der Waals surface area contributed by atoms with E-state index in [0.29, 0.717) is 0 Å². The van der Waals surface area contributed by atoms with Crippen LogP contribution in [0, 0.1) is 0 Å². The van der Waals surface area contributed by atoms with Gasteiger partial charge in [0.25, 0.3) is 0 Å². The number of nitrogens with one attached hydrogen (secondary N) is 1. The van der Waals surface area contributed by atoms with E-state index in [9.17, 15) is 9.36 Å². The minimum atomic E-state index is -1.01. The second-order valence-corrected chi connectivity index (χ2v) is 1.32. The highest BCUT2D eigenvalue weighted by Gasteiger charge is 1.90. The SMILES string of the molecule is O=PNCC(=O)O. The first-order valence-electron chi connectivity index (χ1n) is 1.54. The van der Waals surface area contributed by atoms with Gasteiger partial charge in [-0.05, 0) is 0 Å². The van der Waals surface area contributed by atoms with E-state index in [1.54, 1.807) is 0 Å². The Kier molecular flexibility index (Phi) is 3.46. The monoisotopic (exact) mass is 121 g/mol. The van der Waals surface area contributed by atoms with Crippen LogP contribution in [0.2, 0.25) is 0 Å². The molecule has 7 heavy (non-hydrogen) atoms. The second kappa shape index (κ2) is 3.71. The minimum Gasteiger partial charge on any atom is -0.480 e. The molecule has 0 saturated carbocycles. The van der Waals surface area contributed by atoms with Crippen molar-refractivity contribution in [1.29, 1.82) is 0 Å². The first kappa shape index (κ1) is 6.53. The van der Waals surface area contributed by atoms with Gasteiger partial charge >= 0.3 is 5.97 Å². The molecule has 0 unspecified atom stereocenters. The molecule has 0 aliphatic heterocycles. The van der Waals surface area contributed by atoms with Crippen molar-refractivity contribution in [3.8, 4) is 0 Å². The van der Waals surface area contributed by atoms with Gasteiger partial charge in [-0.3, -0.25) is 9.36 Å². The number of carboxylic acids is 1. The van der Waals surface area contributed by atoms with Crippen LogP contribution < -0.4 is 5.09 Å². The van der Waals surface area contributed by atoms with Gasteiger partial charge in [-0.1, -0.05) is 0 Å². The predicted molar refractivity (Wildman–Crippen MR) is 23.2 cm³/mol. The van der Waals surface area contributed by atoms with Crippen LogP contribution in [0.4, 0.5) is 0 Å². The number of hydrogen-bond acceptors (Lipinski definition) is 2. The van der Waals surface area contributed by atoms with E-state index in [-0.39, 0.29) is 15.2 Å². The van der Waals surface area contributed by atoms with Gasteiger partial charge < -0.3 is 5.11 Å². The van der Waals surface area contributed by atoms with Crippen LogP contribution in [0.25, 0.3) is 0 Å². The van der Waals surface area contributed by atoms with E-state index in [0.717, 1.165) is 0 Å². The van der Waals surface area contributed by atoms with E-state index in [1.165, 1.54) is 0 Å². The third kappa shape index (κ3) is 5.53. The van der Waals surface area contributed by atoms with Crippen LogP contribution in [0.1, 0.15) is 0 Å². The molecule has 0 heterocycles. The molecule has 0 amide bonds. The molecule has 0 spiro atoms. The number of aliphatic carboxylic acids is 1. The molecule has 0 aromatic carbocycles. The summed E-state index contributed by atoms with van der Waals surface area (Å²) in [5, 5.41) is 9.90. The Morgan fingerprint density at radius 1 is 1.86 bits per heavy atom. The Hall–Kier alpha value is -0.470. The topological polar surface area (TPSA) is 66.4 Å². The van der Waals surface area contributed by atoms with Gasteiger partial charge in [0.05, 0.1) is 0 Å². The molecule has 0 aromatic heterocycles. The predicted octanol–water partition coefficient (Wildman–Crippen LogP) is -0.133. The van der Waals surface area contributed by atoms with Gasteiger partial charge in [-0.2, -0.15) is 0 Å². The summed E-state index contributed by atoms with van der Waals surface area (Å²) in [5.41, 5.74) is 0. The van der Waals surface area contributed by atoms with Crippen molar-refractivity contribution in [2.75, 3.05) is 6.54 Å². The Morgan fingerprint density at radius 3 is 2.57 bits per heavy atom. The van der Waals surface area contributed by atoms with Crippen molar-refractivity contribution in [2.24, 2.45) is 0 Å². The molecule has 5 heteroatoms. The molecule has 0 saturated heterocycles. The standard InChI is InChI=1S/C2H4NO3P/c4-2(5)1-3-7-6/h1H2,(H,3,6)(H,4,5). The summed E-state index contributed by atoms with van der Waals surface area (Å²) in [4.78, 5) is 9.55. The summed E-state index contributed by atoms with van der Waals surface area (Å²) in [7, 11) is -0.341. The van der Waals surface area contributed by atoms with Crippen molar-refractivity contribution >= 4 is 14.6 Å². The zero-order chi connectivity index (χ0) is 5.70. The lowest BCUT2D eigenvalue weighted by molar-refractivity contribution is -0.135. The molecule has 0 aliphatic rings. The average molecular weight is 121 g/mol. The van der Waals surface area contributed by atoms with E-state index < -0.39 is 5.97 Å². The molecule has 0 rings (SSSR count). The van der Waals surface area contributed by atoms with Crippen molar-refractivity contribution in [2.45, 2.75) is 0 Å². The molecule has 4 nitrogen and oxygen atoms in total. The molecule has 0 aliphatic carbocycles. The fourth-order valence-corrected chi connectivity index (χ4v) is 0.300. The Balaban J connectivity index is 2.97. The molecular weight excluding hydrogens is 117 g/mol. The molecule has 0 atom stereocenters. The van der Waals surface area contributed by atoms with E-state index in [4.69, 9.17) is 5.11 Å². The van der Waals surface area contributed by atoms with Gasteiger partial charge in [0, 0.05) is 0 Å². The van der Waals surface area contributed by atoms with Crippen molar-refractivity contribution in [1.82, 2.24) is 5.09 Å². The van der Waals surface area contributed by atoms with Crippen LogP contribution in [0.15, 0.2) is 0 Å². The van der Waals surface area contributed by atoms with Crippen LogP contribution in [-0.2, 0) is 9.36 Å². The Bertz CT molecular complexity index is 83.0. The smallest absolute Gasteiger partial charge is 0.318 e. The van der Waals surface area contributed by atoms with Crippen LogP contribution in [0.3, 0.4) is 0 Å². The second-order valence-electron chi connectivity index (χ2n) is 0.820. The lowest BCUT2D eigenvalue weighted by Crippen LogP contribution is -2.12. The number of rotatable bonds is 3. The third-order valence-electron chi connectivity index (χ3n) is 0.295. The highest BCUT2D eigenvalue weighted by molar-refractivity contribution is 7.21. The van der Waals surface area contributed by atoms with Crippen molar-refractivity contribution < 1.29 is 14.5 Å². The first-order chi connectivity index (χ1) is 3.27. The lowest BCUT2D eigenvalue weighted by Gasteiger charge is -1.82. The fraction of sp³-hybridized carbons (Fsp3) is 0.500. The maximum Gasteiger partial charge on any atom is 0.318 e. The summed E-state index contributed by atoms with van der Waals surface area (Å²) in [6.07, 6.45) is 0. The normalized spacial score (nSPS) is 9.14. The molecule has 0 bridgehead atoms. The van der Waals surface area contributed by atoms with E-state index in [2.05, 4.69) is 5.09 Å². The van der Waals surface area contributed by atoms with Gasteiger partial charge in [0.15, 0.2) is 0 Å². The van der Waals surface area contributed by atoms with Crippen molar-refractivity contribution in [3.05, 3.63) is 0 Å². The van der Waals surface area contributed by atoms with Gasteiger partial charge in [-0.25, -0.2) is 5.09 Å². The highest BCUT2D eigenvalue weighted by Crippen LogP contribution is 1.75. The first-order valence-corrected chi connectivity index (χ1v) is 2.35. The Labute approximate surface area is 41.8 Å². The molecule has 0 radical (unpaired) electrons. The van der Waals surface area contributed by atoms with E-state index in [1.807, 2.05) is 0 Å². The van der Waals surface area contributed by atoms with Crippen LogP contribution in [-0.4, -0.2) is 17.6 Å². The quantitative estimate of drug-likeness (QED) is 0.510. The van der Waals surface area contributed by atoms with Crippen molar-refractivity contribution in [3.63, 3.8) is 0 Å². The van der Waals surface area contributed by atoms with E-state index >= 15 is 0 Å². The molecule has 0 aromatic rings. The zero-order valence-electron chi connectivity index (χ0n) is 3.42. The average Bonchev–Trinajstić information content (AvgIpc) is 1.61. The van der Waals surface area contributed by atoms with Gasteiger partial charge in [0.1, 0.15) is 6.54 Å². The maximum absolute atomic E-state index is 9.55. The summed E-state index contributed by atoms with van der Waals surface area (Å²) in [6, 6.07) is 0. The zero-order valence-corrected chi connectivity index (χ0v) is 4.31. The fourth-order valence-electron chi connectivity index (χ4n) is 0.0999. The highest BCUT2D eigenvalue weighted by atomic mass is 31.1. The van der Waals surface area contributed by atoms with Crippen LogP contribution in [0.5, 0.6) is 0 Å². The lowest BCUT2D eigenvalue weighted by atomic mass is 10.7. The molecule has 40 valence electrons. The summed E-state index contributed by atoms with van der Waals surface area (Å²) in [6.45, 7) is -0.259. The Morgan fingerprint density at radius 2 is 2.43 bits per heavy atom. The third-order valence-corrected chi connectivity index (χ3v) is 0.582. The molecule has 2 N–H and O–H groups in total.